The SMILES string of the molecule is Cc1ccccc1CNc1ccnc(C(=O)NCCC(C)C)c1. The van der Waals surface area contributed by atoms with E-state index in [0.717, 1.165) is 18.7 Å². The lowest BCUT2D eigenvalue weighted by atomic mass is 10.1. The number of aryl methyl sites for hydroxylation is 1. The third-order valence-electron chi connectivity index (χ3n) is 3.74. The van der Waals surface area contributed by atoms with Crippen molar-refractivity contribution in [3.8, 4) is 0 Å². The van der Waals surface area contributed by atoms with Crippen LogP contribution in [0.15, 0.2) is 42.6 Å². The third-order valence-corrected chi connectivity index (χ3v) is 3.74. The first-order chi connectivity index (χ1) is 11.1. The molecule has 0 aliphatic heterocycles. The van der Waals surface area contributed by atoms with Crippen LogP contribution in [0.5, 0.6) is 0 Å². The molecule has 1 aromatic carbocycles. The zero-order chi connectivity index (χ0) is 16.7. The normalized spacial score (nSPS) is 10.6. The zero-order valence-electron chi connectivity index (χ0n) is 14.1. The first kappa shape index (κ1) is 17.0. The van der Waals surface area contributed by atoms with Gasteiger partial charge in [-0.15, -0.1) is 0 Å². The van der Waals surface area contributed by atoms with Crippen LogP contribution in [-0.2, 0) is 6.54 Å². The molecule has 0 saturated carbocycles. The van der Waals surface area contributed by atoms with Gasteiger partial charge in [0.1, 0.15) is 5.69 Å². The molecule has 0 bridgehead atoms. The summed E-state index contributed by atoms with van der Waals surface area (Å²) in [6, 6.07) is 11.9. The van der Waals surface area contributed by atoms with E-state index in [1.54, 1.807) is 12.3 Å². The van der Waals surface area contributed by atoms with E-state index >= 15 is 0 Å². The molecule has 0 aliphatic rings. The van der Waals surface area contributed by atoms with Crippen molar-refractivity contribution < 1.29 is 4.79 Å². The summed E-state index contributed by atoms with van der Waals surface area (Å²) in [5.74, 6) is 0.454. The molecule has 0 unspecified atom stereocenters. The zero-order valence-corrected chi connectivity index (χ0v) is 14.1. The topological polar surface area (TPSA) is 54.0 Å². The number of carbonyl (C=O) groups excluding carboxylic acids is 1. The van der Waals surface area contributed by atoms with Crippen LogP contribution in [0.25, 0.3) is 0 Å². The molecule has 0 saturated heterocycles. The van der Waals surface area contributed by atoms with E-state index in [1.807, 2.05) is 18.2 Å². The molecule has 2 aromatic rings. The largest absolute Gasteiger partial charge is 0.381 e. The number of anilines is 1. The van der Waals surface area contributed by atoms with Gasteiger partial charge < -0.3 is 10.6 Å². The maximum absolute atomic E-state index is 12.1. The van der Waals surface area contributed by atoms with Crippen molar-refractivity contribution in [1.29, 1.82) is 0 Å². The number of benzene rings is 1. The Hall–Kier alpha value is -2.36. The quantitative estimate of drug-likeness (QED) is 0.818. The Labute approximate surface area is 138 Å². The van der Waals surface area contributed by atoms with Gasteiger partial charge in [-0.05, 0) is 42.5 Å². The van der Waals surface area contributed by atoms with Crippen molar-refractivity contribution >= 4 is 11.6 Å². The van der Waals surface area contributed by atoms with Crippen LogP contribution in [0.1, 0.15) is 41.9 Å². The van der Waals surface area contributed by atoms with Crippen LogP contribution in [0.3, 0.4) is 0 Å². The Kier molecular flexibility index (Phi) is 6.15. The first-order valence-corrected chi connectivity index (χ1v) is 8.09. The van der Waals surface area contributed by atoms with Gasteiger partial charge >= 0.3 is 0 Å². The predicted molar refractivity (Wildman–Crippen MR) is 94.5 cm³/mol. The van der Waals surface area contributed by atoms with Crippen molar-refractivity contribution in [1.82, 2.24) is 10.3 Å². The summed E-state index contributed by atoms with van der Waals surface area (Å²) in [6.07, 6.45) is 2.63. The highest BCUT2D eigenvalue weighted by Crippen LogP contribution is 2.12. The molecule has 0 spiro atoms. The van der Waals surface area contributed by atoms with Gasteiger partial charge in [0.2, 0.25) is 0 Å². The fraction of sp³-hybridized carbons (Fsp3) is 0.368. The Balaban J connectivity index is 1.94. The van der Waals surface area contributed by atoms with E-state index in [0.29, 0.717) is 18.2 Å². The van der Waals surface area contributed by atoms with Crippen molar-refractivity contribution in [2.45, 2.75) is 33.7 Å². The summed E-state index contributed by atoms with van der Waals surface area (Å²) in [7, 11) is 0. The Bertz CT molecular complexity index is 653. The van der Waals surface area contributed by atoms with Crippen molar-refractivity contribution in [2.75, 3.05) is 11.9 Å². The molecule has 0 aliphatic carbocycles. The Morgan fingerprint density at radius 3 is 2.74 bits per heavy atom. The van der Waals surface area contributed by atoms with Gasteiger partial charge in [0.25, 0.3) is 5.91 Å². The van der Waals surface area contributed by atoms with Gasteiger partial charge in [0.15, 0.2) is 0 Å². The fourth-order valence-electron chi connectivity index (χ4n) is 2.24. The van der Waals surface area contributed by atoms with Crippen LogP contribution in [0, 0.1) is 12.8 Å². The highest BCUT2D eigenvalue weighted by atomic mass is 16.1. The van der Waals surface area contributed by atoms with Crippen molar-refractivity contribution in [2.24, 2.45) is 5.92 Å². The molecule has 0 atom stereocenters. The average molecular weight is 311 g/mol. The summed E-state index contributed by atoms with van der Waals surface area (Å²) >= 11 is 0. The molecule has 122 valence electrons. The number of hydrogen-bond acceptors (Lipinski definition) is 3. The minimum absolute atomic E-state index is 0.120. The van der Waals surface area contributed by atoms with E-state index in [1.165, 1.54) is 11.1 Å². The van der Waals surface area contributed by atoms with E-state index in [-0.39, 0.29) is 5.91 Å². The van der Waals surface area contributed by atoms with Crippen molar-refractivity contribution in [3.05, 3.63) is 59.4 Å². The molecule has 1 heterocycles. The monoisotopic (exact) mass is 311 g/mol. The molecule has 0 radical (unpaired) electrons. The standard InChI is InChI=1S/C19H25N3O/c1-14(2)8-10-21-19(23)18-12-17(9-11-20-18)22-13-16-7-5-4-6-15(16)3/h4-7,9,11-12,14H,8,10,13H2,1-3H3,(H,20,22)(H,21,23). The second kappa shape index (κ2) is 8.32. The average Bonchev–Trinajstić information content (AvgIpc) is 2.54. The summed E-state index contributed by atoms with van der Waals surface area (Å²) < 4.78 is 0. The molecule has 0 fully saturated rings. The number of carbonyl (C=O) groups is 1. The third kappa shape index (κ3) is 5.40. The van der Waals surface area contributed by atoms with Gasteiger partial charge in [0.05, 0.1) is 0 Å². The van der Waals surface area contributed by atoms with Crippen LogP contribution in [0.2, 0.25) is 0 Å². The first-order valence-electron chi connectivity index (χ1n) is 8.09. The summed E-state index contributed by atoms with van der Waals surface area (Å²) in [6.45, 7) is 7.78. The number of rotatable bonds is 7. The predicted octanol–water partition coefficient (Wildman–Crippen LogP) is 3.78. The van der Waals surface area contributed by atoms with Crippen LogP contribution >= 0.6 is 0 Å². The lowest BCUT2D eigenvalue weighted by Gasteiger charge is -2.10. The summed E-state index contributed by atoms with van der Waals surface area (Å²) in [4.78, 5) is 16.3. The molecule has 2 N–H and O–H groups in total. The van der Waals surface area contributed by atoms with E-state index in [9.17, 15) is 4.79 Å². The second-order valence-corrected chi connectivity index (χ2v) is 6.15. The van der Waals surface area contributed by atoms with Gasteiger partial charge in [-0.2, -0.15) is 0 Å². The summed E-state index contributed by atoms with van der Waals surface area (Å²) in [5.41, 5.74) is 3.84. The molecule has 1 aromatic heterocycles. The van der Waals surface area contributed by atoms with E-state index in [2.05, 4.69) is 48.5 Å². The highest BCUT2D eigenvalue weighted by molar-refractivity contribution is 5.93. The van der Waals surface area contributed by atoms with Gasteiger partial charge in [0, 0.05) is 25.0 Å². The van der Waals surface area contributed by atoms with Gasteiger partial charge in [-0.1, -0.05) is 38.1 Å². The molecule has 4 nitrogen and oxygen atoms in total. The number of amides is 1. The summed E-state index contributed by atoms with van der Waals surface area (Å²) in [5, 5.41) is 6.26. The lowest BCUT2D eigenvalue weighted by Crippen LogP contribution is -2.26. The minimum atomic E-state index is -0.120. The van der Waals surface area contributed by atoms with Gasteiger partial charge in [-0.25, -0.2) is 0 Å². The van der Waals surface area contributed by atoms with E-state index < -0.39 is 0 Å². The number of hydrogen-bond donors (Lipinski definition) is 2. The number of nitrogens with one attached hydrogen (secondary N) is 2. The maximum Gasteiger partial charge on any atom is 0.269 e. The van der Waals surface area contributed by atoms with Crippen LogP contribution < -0.4 is 10.6 Å². The second-order valence-electron chi connectivity index (χ2n) is 6.15. The number of aromatic nitrogens is 1. The number of nitrogens with zero attached hydrogens (tertiary/aromatic N) is 1. The number of pyridine rings is 1. The maximum atomic E-state index is 12.1. The molecule has 1 amide bonds. The Morgan fingerprint density at radius 1 is 1.22 bits per heavy atom. The molecule has 4 heteroatoms. The fourth-order valence-corrected chi connectivity index (χ4v) is 2.24. The molecule has 2 rings (SSSR count). The lowest BCUT2D eigenvalue weighted by molar-refractivity contribution is 0.0947. The molecule has 23 heavy (non-hydrogen) atoms. The highest BCUT2D eigenvalue weighted by Gasteiger charge is 2.08. The van der Waals surface area contributed by atoms with Crippen LogP contribution in [0.4, 0.5) is 5.69 Å². The molecular weight excluding hydrogens is 286 g/mol. The van der Waals surface area contributed by atoms with Gasteiger partial charge in [-0.3, -0.25) is 9.78 Å². The van der Waals surface area contributed by atoms with E-state index in [4.69, 9.17) is 0 Å². The minimum Gasteiger partial charge on any atom is -0.381 e. The Morgan fingerprint density at radius 2 is 2.00 bits per heavy atom. The molecular formula is C19H25N3O. The smallest absolute Gasteiger partial charge is 0.269 e. The van der Waals surface area contributed by atoms with Crippen molar-refractivity contribution in [3.63, 3.8) is 0 Å². The van der Waals surface area contributed by atoms with Crippen LogP contribution in [-0.4, -0.2) is 17.4 Å².